The number of nitrogens with one attached hydrogen (secondary N) is 2. The van der Waals surface area contributed by atoms with Crippen LogP contribution in [0.1, 0.15) is 39.2 Å². The molecule has 1 aromatic carbocycles. The number of benzene rings is 1. The maximum Gasteiger partial charge on any atom is 0.239 e. The van der Waals surface area contributed by atoms with Gasteiger partial charge in [0.15, 0.2) is 0 Å². The van der Waals surface area contributed by atoms with Crippen LogP contribution in [-0.2, 0) is 16.0 Å². The average molecular weight is 275 g/mol. The lowest BCUT2D eigenvalue weighted by molar-refractivity contribution is -0.121. The van der Waals surface area contributed by atoms with Crippen molar-refractivity contribution < 1.29 is 9.59 Å². The summed E-state index contributed by atoms with van der Waals surface area (Å²) >= 11 is 0. The summed E-state index contributed by atoms with van der Waals surface area (Å²) in [5, 5.41) is 6.74. The molecule has 1 aromatic rings. The van der Waals surface area contributed by atoms with E-state index in [0.717, 1.165) is 17.7 Å². The van der Waals surface area contributed by atoms with Crippen molar-refractivity contribution in [3.05, 3.63) is 29.8 Å². The lowest BCUT2D eigenvalue weighted by atomic mass is 10.1. The normalized spacial score (nSPS) is 11.1. The van der Waals surface area contributed by atoms with Crippen LogP contribution in [0.15, 0.2) is 29.4 Å². The van der Waals surface area contributed by atoms with Gasteiger partial charge in [-0.15, -0.1) is 0 Å². The van der Waals surface area contributed by atoms with E-state index in [1.807, 2.05) is 31.2 Å². The fourth-order valence-corrected chi connectivity index (χ4v) is 1.65. The van der Waals surface area contributed by atoms with E-state index in [0.29, 0.717) is 12.1 Å². The van der Waals surface area contributed by atoms with Crippen LogP contribution in [-0.4, -0.2) is 17.5 Å². The number of rotatable bonds is 6. The van der Waals surface area contributed by atoms with Crippen LogP contribution in [0.25, 0.3) is 0 Å². The summed E-state index contributed by atoms with van der Waals surface area (Å²) < 4.78 is 0. The molecule has 0 saturated heterocycles. The van der Waals surface area contributed by atoms with Crippen molar-refractivity contribution in [2.75, 3.05) is 5.32 Å². The Morgan fingerprint density at radius 1 is 1.15 bits per heavy atom. The van der Waals surface area contributed by atoms with Gasteiger partial charge in [0.25, 0.3) is 0 Å². The van der Waals surface area contributed by atoms with Gasteiger partial charge in [0.2, 0.25) is 11.8 Å². The van der Waals surface area contributed by atoms with E-state index in [1.165, 1.54) is 0 Å². The Morgan fingerprint density at radius 2 is 1.85 bits per heavy atom. The van der Waals surface area contributed by atoms with E-state index in [1.54, 1.807) is 13.8 Å². The number of anilines is 1. The van der Waals surface area contributed by atoms with E-state index >= 15 is 0 Å². The first-order valence-electron chi connectivity index (χ1n) is 6.76. The van der Waals surface area contributed by atoms with E-state index in [9.17, 15) is 9.59 Å². The maximum atomic E-state index is 11.9. The molecular weight excluding hydrogens is 254 g/mol. The number of hydrogen-bond acceptors (Lipinski definition) is 3. The van der Waals surface area contributed by atoms with Gasteiger partial charge < -0.3 is 5.32 Å². The lowest BCUT2D eigenvalue weighted by Crippen LogP contribution is -2.20. The van der Waals surface area contributed by atoms with E-state index in [4.69, 9.17) is 0 Å². The molecule has 0 spiro atoms. The number of hydrazone groups is 1. The maximum absolute atomic E-state index is 11.9. The molecule has 5 heteroatoms. The molecule has 2 amide bonds. The van der Waals surface area contributed by atoms with Crippen molar-refractivity contribution in [1.29, 1.82) is 0 Å². The summed E-state index contributed by atoms with van der Waals surface area (Å²) in [5.41, 5.74) is 4.88. The number of para-hydroxylation sites is 1. The van der Waals surface area contributed by atoms with Gasteiger partial charge in [-0.1, -0.05) is 32.0 Å². The van der Waals surface area contributed by atoms with E-state index in [2.05, 4.69) is 15.8 Å². The molecule has 0 fully saturated rings. The smallest absolute Gasteiger partial charge is 0.239 e. The summed E-state index contributed by atoms with van der Waals surface area (Å²) in [6, 6.07) is 7.69. The van der Waals surface area contributed by atoms with Crippen LogP contribution in [0.2, 0.25) is 0 Å². The van der Waals surface area contributed by atoms with Crippen LogP contribution in [0.4, 0.5) is 5.69 Å². The molecule has 108 valence electrons. The molecule has 0 bridgehead atoms. The molecule has 1 rings (SSSR count). The Morgan fingerprint density at radius 3 is 2.50 bits per heavy atom. The number of hydrogen-bond donors (Lipinski definition) is 2. The fraction of sp³-hybridized carbons (Fsp3) is 0.400. The monoisotopic (exact) mass is 275 g/mol. The molecule has 2 N–H and O–H groups in total. The lowest BCUT2D eigenvalue weighted by Gasteiger charge is -2.09. The summed E-state index contributed by atoms with van der Waals surface area (Å²) in [5.74, 6) is -0.306. The van der Waals surface area contributed by atoms with E-state index < -0.39 is 0 Å². The molecule has 0 aliphatic heterocycles. The van der Waals surface area contributed by atoms with Crippen molar-refractivity contribution in [2.24, 2.45) is 5.10 Å². The second-order valence-electron chi connectivity index (χ2n) is 4.47. The largest absolute Gasteiger partial charge is 0.326 e. The molecular formula is C15H21N3O2. The molecule has 0 radical (unpaired) electrons. The fourth-order valence-electron chi connectivity index (χ4n) is 1.65. The van der Waals surface area contributed by atoms with Gasteiger partial charge in [-0.2, -0.15) is 5.10 Å². The van der Waals surface area contributed by atoms with Crippen molar-refractivity contribution in [1.82, 2.24) is 5.43 Å². The number of aryl methyl sites for hydroxylation is 1. The van der Waals surface area contributed by atoms with Crippen LogP contribution in [0.5, 0.6) is 0 Å². The first-order valence-corrected chi connectivity index (χ1v) is 6.76. The number of carbonyl (C=O) groups is 2. The Labute approximate surface area is 119 Å². The highest BCUT2D eigenvalue weighted by Gasteiger charge is 2.07. The van der Waals surface area contributed by atoms with Crippen molar-refractivity contribution >= 4 is 23.2 Å². The van der Waals surface area contributed by atoms with Crippen LogP contribution in [0, 0.1) is 0 Å². The molecule has 0 heterocycles. The molecule has 0 aliphatic rings. The number of nitrogens with zero attached hydrogens (tertiary/aromatic N) is 1. The zero-order valence-electron chi connectivity index (χ0n) is 12.2. The average Bonchev–Trinajstić information content (AvgIpc) is 2.45. The summed E-state index contributed by atoms with van der Waals surface area (Å²) in [7, 11) is 0. The molecule has 5 nitrogen and oxygen atoms in total. The number of amides is 2. The molecule has 0 atom stereocenters. The third-order valence-electron chi connectivity index (χ3n) is 2.78. The highest BCUT2D eigenvalue weighted by molar-refractivity contribution is 6.06. The minimum atomic E-state index is -0.166. The SMILES string of the molecule is CCC(=O)NN=C(C)CC(=O)Nc1ccccc1CC. The standard InChI is InChI=1S/C15H21N3O2/c1-4-12-8-6-7-9-13(12)16-15(20)10-11(3)17-18-14(19)5-2/h6-9H,4-5,10H2,1-3H3,(H,16,20)(H,18,19). The predicted molar refractivity (Wildman–Crippen MR) is 80.6 cm³/mol. The van der Waals surface area contributed by atoms with Crippen LogP contribution < -0.4 is 10.7 Å². The van der Waals surface area contributed by atoms with Gasteiger partial charge in [-0.05, 0) is 25.0 Å². The molecule has 0 aromatic heterocycles. The highest BCUT2D eigenvalue weighted by Crippen LogP contribution is 2.15. The molecule has 0 saturated carbocycles. The summed E-state index contributed by atoms with van der Waals surface area (Å²) in [4.78, 5) is 23.0. The van der Waals surface area contributed by atoms with Gasteiger partial charge in [0, 0.05) is 17.8 Å². The second-order valence-corrected chi connectivity index (χ2v) is 4.47. The van der Waals surface area contributed by atoms with Crippen LogP contribution >= 0.6 is 0 Å². The first kappa shape index (κ1) is 15.9. The third kappa shape index (κ3) is 5.22. The molecule has 0 unspecified atom stereocenters. The zero-order chi connectivity index (χ0) is 15.0. The highest BCUT2D eigenvalue weighted by atomic mass is 16.2. The topological polar surface area (TPSA) is 70.6 Å². The van der Waals surface area contributed by atoms with Crippen molar-refractivity contribution in [3.8, 4) is 0 Å². The Hall–Kier alpha value is -2.17. The van der Waals surface area contributed by atoms with Gasteiger partial charge >= 0.3 is 0 Å². The first-order chi connectivity index (χ1) is 9.56. The molecule has 20 heavy (non-hydrogen) atoms. The number of carbonyl (C=O) groups excluding carboxylic acids is 2. The van der Waals surface area contributed by atoms with Crippen molar-refractivity contribution in [3.63, 3.8) is 0 Å². The second kappa shape index (κ2) is 8.09. The van der Waals surface area contributed by atoms with Gasteiger partial charge in [-0.3, -0.25) is 9.59 Å². The minimum absolute atomic E-state index is 0.141. The summed E-state index contributed by atoms with van der Waals surface area (Å²) in [6.45, 7) is 5.49. The van der Waals surface area contributed by atoms with Gasteiger partial charge in [0.05, 0.1) is 6.42 Å². The third-order valence-corrected chi connectivity index (χ3v) is 2.78. The Kier molecular flexibility index (Phi) is 6.43. The van der Waals surface area contributed by atoms with Crippen LogP contribution in [0.3, 0.4) is 0 Å². The van der Waals surface area contributed by atoms with Gasteiger partial charge in [0.1, 0.15) is 0 Å². The van der Waals surface area contributed by atoms with E-state index in [-0.39, 0.29) is 18.2 Å². The Bertz CT molecular complexity index is 510. The summed E-state index contributed by atoms with van der Waals surface area (Å²) in [6.07, 6.45) is 1.38. The zero-order valence-corrected chi connectivity index (χ0v) is 12.2. The van der Waals surface area contributed by atoms with Gasteiger partial charge in [-0.25, -0.2) is 5.43 Å². The minimum Gasteiger partial charge on any atom is -0.326 e. The molecule has 0 aliphatic carbocycles. The van der Waals surface area contributed by atoms with Crippen molar-refractivity contribution in [2.45, 2.75) is 40.0 Å². The quantitative estimate of drug-likeness (QED) is 0.618. The Balaban J connectivity index is 2.57. The predicted octanol–water partition coefficient (Wildman–Crippen LogP) is 2.48.